The monoisotopic (exact) mass is 374 g/mol. The van der Waals surface area contributed by atoms with Crippen LogP contribution in [-0.4, -0.2) is 28.4 Å². The van der Waals surface area contributed by atoms with E-state index in [1.165, 1.54) is 28.4 Å². The van der Waals surface area contributed by atoms with Crippen LogP contribution < -0.4 is 30.4 Å². The lowest BCUT2D eigenvalue weighted by atomic mass is 10.3. The topological polar surface area (TPSA) is 89.0 Å². The molecule has 0 saturated heterocycles. The Kier molecular flexibility index (Phi) is 7.61. The molecule has 0 unspecified atom stereocenters. The number of nitrogens with two attached hydrogens (primary N) is 2. The zero-order valence-corrected chi connectivity index (χ0v) is 15.4. The van der Waals surface area contributed by atoms with Crippen molar-refractivity contribution in [2.45, 2.75) is 0 Å². The zero-order chi connectivity index (χ0) is 18.3. The van der Waals surface area contributed by atoms with Crippen molar-refractivity contribution in [3.05, 3.63) is 34.3 Å². The average molecular weight is 375 g/mol. The lowest BCUT2D eigenvalue weighted by Crippen LogP contribution is -1.94. The summed E-state index contributed by atoms with van der Waals surface area (Å²) in [7, 11) is 6.14. The first kappa shape index (κ1) is 19.9. The van der Waals surface area contributed by atoms with Gasteiger partial charge in [-0.1, -0.05) is 23.2 Å². The van der Waals surface area contributed by atoms with E-state index in [1.807, 2.05) is 0 Å². The van der Waals surface area contributed by atoms with Crippen molar-refractivity contribution in [1.82, 2.24) is 0 Å². The predicted octanol–water partition coefficient (Wildman–Crippen LogP) is 3.88. The summed E-state index contributed by atoms with van der Waals surface area (Å²) in [6.45, 7) is 0. The van der Waals surface area contributed by atoms with Crippen LogP contribution >= 0.6 is 23.2 Å². The summed E-state index contributed by atoms with van der Waals surface area (Å²) < 4.78 is 19.8. The number of nitrogen functional groups attached to an aromatic ring is 2. The molecule has 0 aliphatic rings. The van der Waals surface area contributed by atoms with Crippen LogP contribution in [0.25, 0.3) is 0 Å². The molecule has 0 aromatic heterocycles. The van der Waals surface area contributed by atoms with E-state index in [9.17, 15) is 0 Å². The quantitative estimate of drug-likeness (QED) is 0.789. The Labute approximate surface area is 151 Å². The summed E-state index contributed by atoms with van der Waals surface area (Å²) in [4.78, 5) is 0. The molecule has 8 heteroatoms. The molecule has 6 nitrogen and oxygen atoms in total. The van der Waals surface area contributed by atoms with Gasteiger partial charge in [0.05, 0.1) is 49.9 Å². The SMILES string of the molecule is COc1cc(Cl)c(OC)cc1N.COc1cc(Cl)c(OC)cc1N. The Balaban J connectivity index is 0.000000240. The molecule has 2 rings (SSSR count). The highest BCUT2D eigenvalue weighted by Gasteiger charge is 2.07. The molecule has 0 radical (unpaired) electrons. The van der Waals surface area contributed by atoms with Gasteiger partial charge in [0.25, 0.3) is 0 Å². The van der Waals surface area contributed by atoms with Gasteiger partial charge in [-0.15, -0.1) is 0 Å². The van der Waals surface area contributed by atoms with Crippen LogP contribution in [0.1, 0.15) is 0 Å². The number of rotatable bonds is 4. The highest BCUT2D eigenvalue weighted by molar-refractivity contribution is 6.32. The molecule has 2 aromatic carbocycles. The minimum Gasteiger partial charge on any atom is -0.495 e. The lowest BCUT2D eigenvalue weighted by molar-refractivity contribution is 0.405. The molecule has 0 amide bonds. The number of hydrogen-bond acceptors (Lipinski definition) is 6. The van der Waals surface area contributed by atoms with E-state index >= 15 is 0 Å². The van der Waals surface area contributed by atoms with Gasteiger partial charge in [-0.25, -0.2) is 0 Å². The minimum atomic E-state index is 0.489. The number of anilines is 2. The molecular weight excluding hydrogens is 355 g/mol. The smallest absolute Gasteiger partial charge is 0.143 e. The van der Waals surface area contributed by atoms with E-state index in [1.54, 1.807) is 24.3 Å². The van der Waals surface area contributed by atoms with Crippen molar-refractivity contribution in [2.24, 2.45) is 0 Å². The van der Waals surface area contributed by atoms with Crippen molar-refractivity contribution in [1.29, 1.82) is 0 Å². The summed E-state index contributed by atoms with van der Waals surface area (Å²) in [6, 6.07) is 6.49. The van der Waals surface area contributed by atoms with Gasteiger partial charge in [0.15, 0.2) is 0 Å². The van der Waals surface area contributed by atoms with Gasteiger partial charge in [-0.3, -0.25) is 0 Å². The lowest BCUT2D eigenvalue weighted by Gasteiger charge is -2.08. The Bertz CT molecular complexity index is 577. The fourth-order valence-electron chi connectivity index (χ4n) is 1.77. The number of halogens is 2. The molecule has 2 aromatic rings. The van der Waals surface area contributed by atoms with Crippen LogP contribution in [0, 0.1) is 0 Å². The second-order valence-corrected chi connectivity index (χ2v) is 5.27. The van der Waals surface area contributed by atoms with Crippen LogP contribution in [0.15, 0.2) is 24.3 Å². The van der Waals surface area contributed by atoms with E-state index in [-0.39, 0.29) is 0 Å². The van der Waals surface area contributed by atoms with Crippen molar-refractivity contribution < 1.29 is 18.9 Å². The predicted molar refractivity (Wildman–Crippen MR) is 97.9 cm³/mol. The molecule has 4 N–H and O–H groups in total. The average Bonchev–Trinajstić information content (AvgIpc) is 2.58. The maximum absolute atomic E-state index is 5.82. The van der Waals surface area contributed by atoms with E-state index in [4.69, 9.17) is 53.6 Å². The molecule has 0 aliphatic heterocycles. The van der Waals surface area contributed by atoms with Crippen molar-refractivity contribution in [2.75, 3.05) is 39.9 Å². The van der Waals surface area contributed by atoms with E-state index in [0.717, 1.165) is 0 Å². The zero-order valence-electron chi connectivity index (χ0n) is 13.9. The van der Waals surface area contributed by atoms with Gasteiger partial charge in [-0.2, -0.15) is 0 Å². The third-order valence-electron chi connectivity index (χ3n) is 3.01. The van der Waals surface area contributed by atoms with Crippen molar-refractivity contribution in [3.63, 3.8) is 0 Å². The Morgan fingerprint density at radius 3 is 1.12 bits per heavy atom. The number of methoxy groups -OCH3 is 4. The summed E-state index contributed by atoms with van der Waals surface area (Å²) in [5, 5.41) is 0.979. The third-order valence-corrected chi connectivity index (χ3v) is 3.60. The van der Waals surface area contributed by atoms with Crippen LogP contribution in [0.4, 0.5) is 11.4 Å². The summed E-state index contributed by atoms with van der Waals surface area (Å²) in [6.07, 6.45) is 0. The summed E-state index contributed by atoms with van der Waals surface area (Å²) in [5.41, 5.74) is 12.3. The van der Waals surface area contributed by atoms with E-state index < -0.39 is 0 Å². The maximum Gasteiger partial charge on any atom is 0.143 e. The van der Waals surface area contributed by atoms with Crippen LogP contribution in [0.5, 0.6) is 23.0 Å². The molecule has 0 saturated carbocycles. The highest BCUT2D eigenvalue weighted by Crippen LogP contribution is 2.34. The summed E-state index contributed by atoms with van der Waals surface area (Å²) >= 11 is 11.6. The van der Waals surface area contributed by atoms with E-state index in [0.29, 0.717) is 44.4 Å². The van der Waals surface area contributed by atoms with E-state index in [2.05, 4.69) is 0 Å². The molecule has 0 heterocycles. The molecule has 0 aliphatic carbocycles. The van der Waals surface area contributed by atoms with Gasteiger partial charge in [0.1, 0.15) is 23.0 Å². The molecule has 0 atom stereocenters. The van der Waals surface area contributed by atoms with Gasteiger partial charge in [0.2, 0.25) is 0 Å². The molecule has 0 spiro atoms. The van der Waals surface area contributed by atoms with Gasteiger partial charge in [0, 0.05) is 24.3 Å². The molecule has 0 bridgehead atoms. The standard InChI is InChI=1S/2C8H10ClNO2/c2*1-11-7-4-6(10)8(12-2)3-5(7)9/h2*3-4H,10H2,1-2H3. The molecule has 0 fully saturated rings. The fraction of sp³-hybridized carbons (Fsp3) is 0.250. The maximum atomic E-state index is 5.82. The number of hydrogen-bond donors (Lipinski definition) is 2. The van der Waals surface area contributed by atoms with Crippen LogP contribution in [-0.2, 0) is 0 Å². The Morgan fingerprint density at radius 1 is 0.583 bits per heavy atom. The van der Waals surface area contributed by atoms with Crippen molar-refractivity contribution in [3.8, 4) is 23.0 Å². The second-order valence-electron chi connectivity index (χ2n) is 4.46. The van der Waals surface area contributed by atoms with Crippen LogP contribution in [0.2, 0.25) is 10.0 Å². The van der Waals surface area contributed by atoms with Gasteiger partial charge < -0.3 is 30.4 Å². The first-order valence-electron chi connectivity index (χ1n) is 6.71. The number of ether oxygens (including phenoxy) is 4. The minimum absolute atomic E-state index is 0.489. The highest BCUT2D eigenvalue weighted by atomic mass is 35.5. The fourth-order valence-corrected chi connectivity index (χ4v) is 2.23. The molecular formula is C16H20Cl2N2O4. The Morgan fingerprint density at radius 2 is 0.875 bits per heavy atom. The molecule has 132 valence electrons. The van der Waals surface area contributed by atoms with Gasteiger partial charge in [-0.05, 0) is 0 Å². The van der Waals surface area contributed by atoms with Gasteiger partial charge >= 0.3 is 0 Å². The van der Waals surface area contributed by atoms with Crippen molar-refractivity contribution >= 4 is 34.6 Å². The number of benzene rings is 2. The molecule has 24 heavy (non-hydrogen) atoms. The Hall–Kier alpha value is -2.18. The summed E-state index contributed by atoms with van der Waals surface area (Å²) in [5.74, 6) is 2.21. The first-order valence-corrected chi connectivity index (χ1v) is 7.47. The third kappa shape index (κ3) is 4.91. The second kappa shape index (κ2) is 9.20. The largest absolute Gasteiger partial charge is 0.495 e. The van der Waals surface area contributed by atoms with Crippen LogP contribution in [0.3, 0.4) is 0 Å². The first-order chi connectivity index (χ1) is 11.4. The normalized spacial score (nSPS) is 9.58.